The second-order valence-electron chi connectivity index (χ2n) is 4.74. The van der Waals surface area contributed by atoms with E-state index in [2.05, 4.69) is 0 Å². The topological polar surface area (TPSA) is 17.1 Å². The molecule has 0 radical (unpaired) electrons. The van der Waals surface area contributed by atoms with E-state index >= 15 is 0 Å². The predicted octanol–water partition coefficient (Wildman–Crippen LogP) is 4.32. The molecule has 0 atom stereocenters. The van der Waals surface area contributed by atoms with Gasteiger partial charge in [0.25, 0.3) is 0 Å². The van der Waals surface area contributed by atoms with Gasteiger partial charge in [-0.15, -0.1) is 0 Å². The number of halogens is 3. The average Bonchev–Trinajstić information content (AvgIpc) is 2.39. The molecule has 4 heteroatoms. The van der Waals surface area contributed by atoms with Crippen LogP contribution in [0.25, 0.3) is 0 Å². The van der Waals surface area contributed by atoms with E-state index in [0.29, 0.717) is 0 Å². The summed E-state index contributed by atoms with van der Waals surface area (Å²) in [5, 5.41) is 0. The Bertz CT molecular complexity index is 437. The van der Waals surface area contributed by atoms with Crippen LogP contribution < -0.4 is 0 Å². The largest absolute Gasteiger partial charge is 0.300 e. The summed E-state index contributed by atoms with van der Waals surface area (Å²) in [6, 6.07) is 4.03. The lowest BCUT2D eigenvalue weighted by atomic mass is 9.83. The molecule has 0 bridgehead atoms. The van der Waals surface area contributed by atoms with E-state index in [0.717, 1.165) is 37.3 Å². The van der Waals surface area contributed by atoms with Crippen LogP contribution in [-0.4, -0.2) is 12.2 Å². The summed E-state index contributed by atoms with van der Waals surface area (Å²) in [7, 11) is 0. The van der Waals surface area contributed by atoms with Gasteiger partial charge in [0.2, 0.25) is 5.78 Å². The van der Waals surface area contributed by atoms with Crippen LogP contribution in [0.15, 0.2) is 18.2 Å². The van der Waals surface area contributed by atoms with E-state index in [9.17, 15) is 18.0 Å². The van der Waals surface area contributed by atoms with Gasteiger partial charge in [-0.3, -0.25) is 4.79 Å². The molecule has 1 nitrogen and oxygen atoms in total. The number of Topliss-reactive ketones (excluding diaryl/α,β-unsaturated/α-hetero) is 1. The third-order valence-corrected chi connectivity index (χ3v) is 3.53. The Morgan fingerprint density at radius 1 is 1.17 bits per heavy atom. The fourth-order valence-electron chi connectivity index (χ4n) is 2.54. The molecule has 0 saturated heterocycles. The van der Waals surface area contributed by atoms with Crippen molar-refractivity contribution in [1.29, 1.82) is 0 Å². The standard InChI is InChI=1S/C14H15F3O/c15-12-7-6-10(9-4-2-1-3-5-9)8-11(12)13(18)14(16)17/h6-9,14H,1-5H2. The average molecular weight is 256 g/mol. The normalized spacial score (nSPS) is 17.1. The van der Waals surface area contributed by atoms with Crippen molar-refractivity contribution in [2.45, 2.75) is 44.4 Å². The monoisotopic (exact) mass is 256 g/mol. The molecule has 0 aliphatic heterocycles. The van der Waals surface area contributed by atoms with Gasteiger partial charge in [-0.05, 0) is 36.5 Å². The molecule has 1 aliphatic carbocycles. The Morgan fingerprint density at radius 3 is 2.44 bits per heavy atom. The van der Waals surface area contributed by atoms with Crippen LogP contribution in [-0.2, 0) is 0 Å². The van der Waals surface area contributed by atoms with E-state index in [1.165, 1.54) is 12.5 Å². The second kappa shape index (κ2) is 5.55. The highest BCUT2D eigenvalue weighted by Gasteiger charge is 2.23. The summed E-state index contributed by atoms with van der Waals surface area (Å²) in [6.07, 6.45) is 2.18. The molecule has 1 aliphatic rings. The molecule has 2 rings (SSSR count). The summed E-state index contributed by atoms with van der Waals surface area (Å²) in [4.78, 5) is 11.2. The molecule has 18 heavy (non-hydrogen) atoms. The first-order valence-electron chi connectivity index (χ1n) is 6.21. The number of alkyl halides is 2. The first-order valence-corrected chi connectivity index (χ1v) is 6.21. The SMILES string of the molecule is O=C(c1cc(C2CCCCC2)ccc1F)C(F)F. The van der Waals surface area contributed by atoms with Gasteiger partial charge in [0.05, 0.1) is 5.56 Å². The van der Waals surface area contributed by atoms with Crippen molar-refractivity contribution in [3.05, 3.63) is 35.1 Å². The number of rotatable bonds is 3. The maximum atomic E-state index is 13.4. The summed E-state index contributed by atoms with van der Waals surface area (Å²) >= 11 is 0. The molecule has 98 valence electrons. The van der Waals surface area contributed by atoms with Crippen LogP contribution in [0, 0.1) is 5.82 Å². The number of carbonyl (C=O) groups is 1. The molecule has 0 amide bonds. The highest BCUT2D eigenvalue weighted by atomic mass is 19.3. The molecule has 0 aromatic heterocycles. The predicted molar refractivity (Wildman–Crippen MR) is 62.6 cm³/mol. The van der Waals surface area contributed by atoms with E-state index in [4.69, 9.17) is 0 Å². The van der Waals surface area contributed by atoms with E-state index < -0.39 is 23.6 Å². The van der Waals surface area contributed by atoms with E-state index in [1.807, 2.05) is 0 Å². The molecular weight excluding hydrogens is 241 g/mol. The summed E-state index contributed by atoms with van der Waals surface area (Å²) in [5.41, 5.74) is 0.327. The molecule has 0 N–H and O–H groups in total. The van der Waals surface area contributed by atoms with Crippen molar-refractivity contribution >= 4 is 5.78 Å². The van der Waals surface area contributed by atoms with Gasteiger partial charge in [0.15, 0.2) is 0 Å². The van der Waals surface area contributed by atoms with Crippen molar-refractivity contribution in [3.63, 3.8) is 0 Å². The Hall–Kier alpha value is -1.32. The quantitative estimate of drug-likeness (QED) is 0.736. The van der Waals surface area contributed by atoms with Crippen molar-refractivity contribution in [2.24, 2.45) is 0 Å². The van der Waals surface area contributed by atoms with Crippen LogP contribution in [0.5, 0.6) is 0 Å². The van der Waals surface area contributed by atoms with Gasteiger partial charge in [-0.1, -0.05) is 25.3 Å². The Kier molecular flexibility index (Phi) is 4.04. The number of hydrogen-bond donors (Lipinski definition) is 0. The number of carbonyl (C=O) groups excluding carboxylic acids is 1. The van der Waals surface area contributed by atoms with E-state index in [-0.39, 0.29) is 5.92 Å². The van der Waals surface area contributed by atoms with Gasteiger partial charge in [0.1, 0.15) is 5.82 Å². The van der Waals surface area contributed by atoms with Gasteiger partial charge in [-0.2, -0.15) is 0 Å². The minimum Gasteiger partial charge on any atom is -0.288 e. The molecule has 0 spiro atoms. The minimum atomic E-state index is -3.15. The zero-order valence-corrected chi connectivity index (χ0v) is 9.96. The third-order valence-electron chi connectivity index (χ3n) is 3.53. The van der Waals surface area contributed by atoms with Crippen LogP contribution in [0.1, 0.15) is 53.9 Å². The number of benzene rings is 1. The highest BCUT2D eigenvalue weighted by Crippen LogP contribution is 2.33. The molecular formula is C14H15F3O. The van der Waals surface area contributed by atoms with Gasteiger partial charge in [0, 0.05) is 0 Å². The highest BCUT2D eigenvalue weighted by molar-refractivity contribution is 5.98. The Balaban J connectivity index is 2.28. The van der Waals surface area contributed by atoms with E-state index in [1.54, 1.807) is 6.07 Å². The van der Waals surface area contributed by atoms with Gasteiger partial charge in [-0.25, -0.2) is 13.2 Å². The van der Waals surface area contributed by atoms with Crippen LogP contribution in [0.4, 0.5) is 13.2 Å². The van der Waals surface area contributed by atoms with Crippen LogP contribution in [0.3, 0.4) is 0 Å². The van der Waals surface area contributed by atoms with Crippen LogP contribution in [0.2, 0.25) is 0 Å². The molecule has 1 aromatic carbocycles. The minimum absolute atomic E-state index is 0.267. The fourth-order valence-corrected chi connectivity index (χ4v) is 2.54. The maximum Gasteiger partial charge on any atom is 0.300 e. The molecule has 1 fully saturated rings. The second-order valence-corrected chi connectivity index (χ2v) is 4.74. The van der Waals surface area contributed by atoms with Crippen molar-refractivity contribution < 1.29 is 18.0 Å². The Labute approximate surface area is 104 Å². The zero-order valence-electron chi connectivity index (χ0n) is 9.96. The fraction of sp³-hybridized carbons (Fsp3) is 0.500. The molecule has 0 heterocycles. The lowest BCUT2D eigenvalue weighted by Gasteiger charge is -2.22. The molecule has 1 aromatic rings. The lowest BCUT2D eigenvalue weighted by Crippen LogP contribution is -2.14. The van der Waals surface area contributed by atoms with Gasteiger partial charge < -0.3 is 0 Å². The van der Waals surface area contributed by atoms with Crippen LogP contribution >= 0.6 is 0 Å². The van der Waals surface area contributed by atoms with Crippen molar-refractivity contribution in [1.82, 2.24) is 0 Å². The molecule has 1 saturated carbocycles. The van der Waals surface area contributed by atoms with Crippen molar-refractivity contribution in [3.8, 4) is 0 Å². The first-order chi connectivity index (χ1) is 8.59. The zero-order chi connectivity index (χ0) is 13.1. The summed E-state index contributed by atoms with van der Waals surface area (Å²) < 4.78 is 38.1. The Morgan fingerprint density at radius 2 is 1.83 bits per heavy atom. The summed E-state index contributed by atoms with van der Waals surface area (Å²) in [6.45, 7) is 0. The molecule has 0 unspecified atom stereocenters. The third kappa shape index (κ3) is 2.74. The van der Waals surface area contributed by atoms with Gasteiger partial charge >= 0.3 is 6.43 Å². The van der Waals surface area contributed by atoms with Crippen molar-refractivity contribution in [2.75, 3.05) is 0 Å². The maximum absolute atomic E-state index is 13.4. The lowest BCUT2D eigenvalue weighted by molar-refractivity contribution is 0.0674. The number of ketones is 1. The smallest absolute Gasteiger partial charge is 0.288 e. The first kappa shape index (κ1) is 13.1. The number of hydrogen-bond acceptors (Lipinski definition) is 1. The summed E-state index contributed by atoms with van der Waals surface area (Å²) in [5.74, 6) is -2.02.